The van der Waals surface area contributed by atoms with Crippen LogP contribution in [0.1, 0.15) is 18.4 Å². The molecular weight excluding hydrogens is 356 g/mol. The smallest absolute Gasteiger partial charge is 0.229 e. The van der Waals surface area contributed by atoms with Crippen LogP contribution in [0.4, 0.5) is 5.69 Å². The normalized spacial score (nSPS) is 18.2. The van der Waals surface area contributed by atoms with Crippen molar-refractivity contribution < 1.29 is 19.1 Å². The molecule has 2 aliphatic rings. The van der Waals surface area contributed by atoms with E-state index >= 15 is 0 Å². The average Bonchev–Trinajstić information content (AvgIpc) is 3.09. The maximum Gasteiger partial charge on any atom is 0.229 e. The molecule has 6 nitrogen and oxygen atoms in total. The number of rotatable bonds is 6. The van der Waals surface area contributed by atoms with E-state index in [0.29, 0.717) is 43.5 Å². The number of anilines is 1. The van der Waals surface area contributed by atoms with E-state index in [1.807, 2.05) is 18.2 Å². The van der Waals surface area contributed by atoms with Crippen LogP contribution in [-0.4, -0.2) is 43.0 Å². The zero-order valence-electron chi connectivity index (χ0n) is 15.7. The van der Waals surface area contributed by atoms with Gasteiger partial charge in [0.25, 0.3) is 0 Å². The molecule has 2 aromatic carbocycles. The predicted octanol–water partition coefficient (Wildman–Crippen LogP) is 2.88. The fraction of sp³-hybridized carbons (Fsp3) is 0.364. The van der Waals surface area contributed by atoms with Gasteiger partial charge in [-0.2, -0.15) is 0 Å². The lowest BCUT2D eigenvalue weighted by molar-refractivity contribution is -0.128. The van der Waals surface area contributed by atoms with Gasteiger partial charge >= 0.3 is 0 Å². The number of nitrogens with zero attached hydrogens (tertiary/aromatic N) is 1. The summed E-state index contributed by atoms with van der Waals surface area (Å²) in [4.78, 5) is 26.7. The topological polar surface area (TPSA) is 67.9 Å². The number of nitrogens with one attached hydrogen (secondary N) is 1. The summed E-state index contributed by atoms with van der Waals surface area (Å²) in [5.74, 6) is 0.919. The molecule has 0 bridgehead atoms. The van der Waals surface area contributed by atoms with Crippen molar-refractivity contribution in [3.63, 3.8) is 0 Å². The maximum atomic E-state index is 12.6. The Morgan fingerprint density at radius 3 is 2.68 bits per heavy atom. The summed E-state index contributed by atoms with van der Waals surface area (Å²) in [5.41, 5.74) is 1.92. The Morgan fingerprint density at radius 2 is 1.86 bits per heavy atom. The van der Waals surface area contributed by atoms with Gasteiger partial charge in [-0.25, -0.2) is 0 Å². The Bertz CT molecular complexity index is 853. The van der Waals surface area contributed by atoms with Crippen molar-refractivity contribution in [1.29, 1.82) is 0 Å². The fourth-order valence-corrected chi connectivity index (χ4v) is 3.65. The Hall–Kier alpha value is -3.02. The molecule has 0 aliphatic carbocycles. The van der Waals surface area contributed by atoms with Gasteiger partial charge < -0.3 is 19.7 Å². The highest BCUT2D eigenvalue weighted by molar-refractivity contribution is 5.97. The molecule has 0 saturated carbocycles. The highest BCUT2D eigenvalue weighted by Crippen LogP contribution is 2.33. The lowest BCUT2D eigenvalue weighted by Crippen LogP contribution is -2.29. The van der Waals surface area contributed by atoms with E-state index in [1.165, 1.54) is 5.56 Å². The van der Waals surface area contributed by atoms with Crippen LogP contribution < -0.4 is 14.8 Å². The predicted molar refractivity (Wildman–Crippen MR) is 106 cm³/mol. The molecule has 0 aromatic heterocycles. The molecule has 2 aromatic rings. The van der Waals surface area contributed by atoms with E-state index in [4.69, 9.17) is 9.47 Å². The molecule has 2 aliphatic heterocycles. The third-order valence-corrected chi connectivity index (χ3v) is 5.13. The fourth-order valence-electron chi connectivity index (χ4n) is 3.65. The van der Waals surface area contributed by atoms with E-state index < -0.39 is 0 Å². The first-order valence-corrected chi connectivity index (χ1v) is 9.71. The van der Waals surface area contributed by atoms with Gasteiger partial charge in [-0.05, 0) is 30.5 Å². The van der Waals surface area contributed by atoms with Gasteiger partial charge in [0, 0.05) is 31.3 Å². The number of carbonyl (C=O) groups excluding carboxylic acids is 2. The Morgan fingerprint density at radius 1 is 1.07 bits per heavy atom. The molecule has 1 fully saturated rings. The van der Waals surface area contributed by atoms with Crippen molar-refractivity contribution in [2.24, 2.45) is 5.92 Å². The zero-order valence-corrected chi connectivity index (χ0v) is 15.7. The minimum atomic E-state index is -0.322. The summed E-state index contributed by atoms with van der Waals surface area (Å²) in [6.07, 6.45) is 2.09. The van der Waals surface area contributed by atoms with Crippen molar-refractivity contribution in [3.8, 4) is 11.5 Å². The number of amides is 2. The minimum Gasteiger partial charge on any atom is -0.486 e. The molecule has 1 atom stereocenters. The number of hydrogen-bond donors (Lipinski definition) is 1. The van der Waals surface area contributed by atoms with Crippen molar-refractivity contribution in [3.05, 3.63) is 54.1 Å². The lowest BCUT2D eigenvalue weighted by Gasteiger charge is -2.19. The highest BCUT2D eigenvalue weighted by Gasteiger charge is 2.34. The molecule has 2 amide bonds. The van der Waals surface area contributed by atoms with Crippen molar-refractivity contribution >= 4 is 17.5 Å². The van der Waals surface area contributed by atoms with Crippen LogP contribution in [-0.2, 0) is 16.0 Å². The largest absolute Gasteiger partial charge is 0.486 e. The van der Waals surface area contributed by atoms with Crippen LogP contribution in [0.25, 0.3) is 0 Å². The molecule has 0 radical (unpaired) electrons. The number of likely N-dealkylation sites (tertiary alicyclic amines) is 1. The minimum absolute atomic E-state index is 0.0513. The van der Waals surface area contributed by atoms with Gasteiger partial charge in [-0.15, -0.1) is 0 Å². The van der Waals surface area contributed by atoms with Crippen molar-refractivity contribution in [2.75, 3.05) is 31.6 Å². The summed E-state index contributed by atoms with van der Waals surface area (Å²) in [6, 6.07) is 15.6. The van der Waals surface area contributed by atoms with E-state index in [9.17, 15) is 9.59 Å². The van der Waals surface area contributed by atoms with Gasteiger partial charge in [0.05, 0.1) is 5.92 Å². The van der Waals surface area contributed by atoms with E-state index in [1.54, 1.807) is 23.1 Å². The van der Waals surface area contributed by atoms with Gasteiger partial charge in [0.15, 0.2) is 11.5 Å². The molecule has 1 N–H and O–H groups in total. The molecule has 0 spiro atoms. The lowest BCUT2D eigenvalue weighted by atomic mass is 10.1. The third kappa shape index (κ3) is 4.27. The first-order chi connectivity index (χ1) is 13.7. The Labute approximate surface area is 164 Å². The van der Waals surface area contributed by atoms with E-state index in [2.05, 4.69) is 17.4 Å². The standard InChI is InChI=1S/C22H24N2O4/c25-21-13-17(15-24(21)10-4-7-16-5-2-1-3-6-16)22(26)23-18-8-9-19-20(14-18)28-12-11-27-19/h1-3,5-6,8-9,14,17H,4,7,10-13,15H2,(H,23,26). The number of aryl methyl sites for hydroxylation is 1. The Kier molecular flexibility index (Phi) is 5.46. The van der Waals surface area contributed by atoms with Crippen molar-refractivity contribution in [1.82, 2.24) is 4.90 Å². The molecular formula is C22H24N2O4. The van der Waals surface area contributed by atoms with Crippen molar-refractivity contribution in [2.45, 2.75) is 19.3 Å². The van der Waals surface area contributed by atoms with Gasteiger partial charge in [-0.1, -0.05) is 30.3 Å². The zero-order chi connectivity index (χ0) is 19.3. The second kappa shape index (κ2) is 8.33. The highest BCUT2D eigenvalue weighted by atomic mass is 16.6. The van der Waals surface area contributed by atoms with Gasteiger partial charge in [-0.3, -0.25) is 9.59 Å². The van der Waals surface area contributed by atoms with E-state index in [0.717, 1.165) is 12.8 Å². The number of benzene rings is 2. The third-order valence-electron chi connectivity index (χ3n) is 5.13. The molecule has 6 heteroatoms. The molecule has 28 heavy (non-hydrogen) atoms. The van der Waals surface area contributed by atoms with Crippen LogP contribution in [0.3, 0.4) is 0 Å². The van der Waals surface area contributed by atoms with Crippen LogP contribution in [0.15, 0.2) is 48.5 Å². The first-order valence-electron chi connectivity index (χ1n) is 9.71. The molecule has 4 rings (SSSR count). The molecule has 2 heterocycles. The summed E-state index contributed by atoms with van der Waals surface area (Å²) in [6.45, 7) is 2.19. The quantitative estimate of drug-likeness (QED) is 0.837. The number of carbonyl (C=O) groups is 2. The number of fused-ring (bicyclic) bond motifs is 1. The second-order valence-electron chi connectivity index (χ2n) is 7.18. The number of hydrogen-bond acceptors (Lipinski definition) is 4. The Balaban J connectivity index is 1.29. The van der Waals surface area contributed by atoms with Crippen LogP contribution in [0.2, 0.25) is 0 Å². The molecule has 1 unspecified atom stereocenters. The molecule has 146 valence electrons. The second-order valence-corrected chi connectivity index (χ2v) is 7.18. The van der Waals surface area contributed by atoms with Crippen LogP contribution in [0, 0.1) is 5.92 Å². The summed E-state index contributed by atoms with van der Waals surface area (Å²) >= 11 is 0. The SMILES string of the molecule is O=C(Nc1ccc2c(c1)OCCO2)C1CC(=O)N(CCCc2ccccc2)C1. The number of ether oxygens (including phenoxy) is 2. The van der Waals surface area contributed by atoms with Crippen LogP contribution >= 0.6 is 0 Å². The first kappa shape index (κ1) is 18.3. The van der Waals surface area contributed by atoms with E-state index in [-0.39, 0.29) is 24.2 Å². The molecule has 1 saturated heterocycles. The average molecular weight is 380 g/mol. The summed E-state index contributed by atoms with van der Waals surface area (Å²) in [5, 5.41) is 2.90. The van der Waals surface area contributed by atoms with Crippen LogP contribution in [0.5, 0.6) is 11.5 Å². The maximum absolute atomic E-state index is 12.6. The summed E-state index contributed by atoms with van der Waals surface area (Å²) in [7, 11) is 0. The van der Waals surface area contributed by atoms with Gasteiger partial charge in [0.2, 0.25) is 11.8 Å². The monoisotopic (exact) mass is 380 g/mol. The van der Waals surface area contributed by atoms with Gasteiger partial charge in [0.1, 0.15) is 13.2 Å². The summed E-state index contributed by atoms with van der Waals surface area (Å²) < 4.78 is 11.0.